The van der Waals surface area contributed by atoms with E-state index in [-0.39, 0.29) is 28.5 Å². The lowest BCUT2D eigenvalue weighted by atomic mass is 9.87. The van der Waals surface area contributed by atoms with Gasteiger partial charge in [-0.05, 0) is 24.0 Å². The Labute approximate surface area is 129 Å². The molecule has 0 aliphatic rings. The van der Waals surface area contributed by atoms with Crippen molar-refractivity contribution in [3.63, 3.8) is 0 Å². The van der Waals surface area contributed by atoms with Crippen molar-refractivity contribution in [1.29, 1.82) is 0 Å². The van der Waals surface area contributed by atoms with E-state index in [0.29, 0.717) is 12.1 Å². The van der Waals surface area contributed by atoms with Crippen LogP contribution in [0.4, 0.5) is 5.69 Å². The summed E-state index contributed by atoms with van der Waals surface area (Å²) in [5.74, 6) is -1.55. The fourth-order valence-corrected chi connectivity index (χ4v) is 2.51. The molecule has 0 aliphatic carbocycles. The monoisotopic (exact) mass is 312 g/mol. The Bertz CT molecular complexity index is 538. The molecule has 0 aliphatic heterocycles. The Hall–Kier alpha value is -1.75. The van der Waals surface area contributed by atoms with Crippen molar-refractivity contribution in [3.8, 4) is 0 Å². The molecule has 0 heterocycles. The van der Waals surface area contributed by atoms with E-state index >= 15 is 0 Å². The summed E-state index contributed by atoms with van der Waals surface area (Å²) in [6.45, 7) is 6.07. The maximum Gasteiger partial charge on any atom is 0.305 e. The average Bonchev–Trinajstić information content (AvgIpc) is 2.24. The lowest BCUT2D eigenvalue weighted by molar-refractivity contribution is -0.137. The number of benzene rings is 1. The predicted molar refractivity (Wildman–Crippen MR) is 83.7 cm³/mol. The third-order valence-corrected chi connectivity index (χ3v) is 3.21. The van der Waals surface area contributed by atoms with E-state index in [9.17, 15) is 9.59 Å². The molecule has 0 fully saturated rings. The zero-order valence-corrected chi connectivity index (χ0v) is 13.2. The van der Waals surface area contributed by atoms with Gasteiger partial charge in [0.05, 0.1) is 17.0 Å². The van der Waals surface area contributed by atoms with Gasteiger partial charge in [0.1, 0.15) is 0 Å². The highest BCUT2D eigenvalue weighted by atomic mass is 35.5. The van der Waals surface area contributed by atoms with Gasteiger partial charge in [-0.25, -0.2) is 0 Å². The molecule has 4 N–H and O–H groups in total. The second kappa shape index (κ2) is 6.80. The van der Waals surface area contributed by atoms with Crippen LogP contribution < -0.4 is 11.1 Å². The molecule has 0 radical (unpaired) electrons. The summed E-state index contributed by atoms with van der Waals surface area (Å²) < 4.78 is 0. The van der Waals surface area contributed by atoms with Crippen LogP contribution in [0.25, 0.3) is 0 Å². The number of anilines is 1. The largest absolute Gasteiger partial charge is 0.481 e. The Morgan fingerprint density at radius 1 is 1.38 bits per heavy atom. The summed E-state index contributed by atoms with van der Waals surface area (Å²) in [6, 6.07) is 4.61. The van der Waals surface area contributed by atoms with Gasteiger partial charge in [0.15, 0.2) is 0 Å². The highest BCUT2D eigenvalue weighted by Crippen LogP contribution is 2.28. The molecule has 0 spiro atoms. The average molecular weight is 313 g/mol. The predicted octanol–water partition coefficient (Wildman–Crippen LogP) is 3.13. The number of primary amides is 1. The molecule has 1 aromatic rings. The fraction of sp³-hybridized carbons (Fsp3) is 0.467. The van der Waals surface area contributed by atoms with E-state index in [2.05, 4.69) is 5.32 Å². The Morgan fingerprint density at radius 2 is 2.00 bits per heavy atom. The molecule has 1 atom stereocenters. The van der Waals surface area contributed by atoms with Crippen LogP contribution in [0.5, 0.6) is 0 Å². The van der Waals surface area contributed by atoms with Gasteiger partial charge in [0.25, 0.3) is 5.91 Å². The lowest BCUT2D eigenvalue weighted by Crippen LogP contribution is -2.29. The maximum atomic E-state index is 11.5. The first kappa shape index (κ1) is 17.3. The van der Waals surface area contributed by atoms with Crippen molar-refractivity contribution < 1.29 is 14.7 Å². The van der Waals surface area contributed by atoms with Crippen LogP contribution in [-0.2, 0) is 4.79 Å². The van der Waals surface area contributed by atoms with Crippen LogP contribution in [0.3, 0.4) is 0 Å². The van der Waals surface area contributed by atoms with E-state index in [1.54, 1.807) is 18.2 Å². The number of carbonyl (C=O) groups is 2. The Kier molecular flexibility index (Phi) is 5.61. The number of hydrogen-bond donors (Lipinski definition) is 3. The van der Waals surface area contributed by atoms with Crippen molar-refractivity contribution in [2.45, 2.75) is 39.7 Å². The van der Waals surface area contributed by atoms with Gasteiger partial charge in [-0.2, -0.15) is 0 Å². The minimum absolute atomic E-state index is 0.0536. The zero-order chi connectivity index (χ0) is 16.2. The van der Waals surface area contributed by atoms with Crippen LogP contribution in [0, 0.1) is 5.41 Å². The van der Waals surface area contributed by atoms with E-state index < -0.39 is 11.9 Å². The van der Waals surface area contributed by atoms with Crippen molar-refractivity contribution in [2.75, 3.05) is 5.32 Å². The standard InChI is InChI=1S/C15H21ClN2O3/c1-15(2,3)8-9(7-12(19)20)18-11-6-4-5-10(16)13(11)14(17)21/h4-6,9,18H,7-8H2,1-3H3,(H2,17,21)(H,19,20). The van der Waals surface area contributed by atoms with Crippen molar-refractivity contribution in [3.05, 3.63) is 28.8 Å². The van der Waals surface area contributed by atoms with Gasteiger partial charge in [0, 0.05) is 11.7 Å². The molecule has 1 aromatic carbocycles. The molecule has 1 rings (SSSR count). The van der Waals surface area contributed by atoms with Gasteiger partial charge in [-0.1, -0.05) is 38.4 Å². The smallest absolute Gasteiger partial charge is 0.305 e. The third-order valence-electron chi connectivity index (χ3n) is 2.90. The van der Waals surface area contributed by atoms with Crippen LogP contribution in [0.1, 0.15) is 44.0 Å². The van der Waals surface area contributed by atoms with Gasteiger partial charge in [-0.15, -0.1) is 0 Å². The zero-order valence-electron chi connectivity index (χ0n) is 12.4. The molecular formula is C15H21ClN2O3. The maximum absolute atomic E-state index is 11.5. The highest BCUT2D eigenvalue weighted by Gasteiger charge is 2.23. The summed E-state index contributed by atoms with van der Waals surface area (Å²) in [7, 11) is 0. The van der Waals surface area contributed by atoms with Gasteiger partial charge in [0.2, 0.25) is 0 Å². The quantitative estimate of drug-likeness (QED) is 0.752. The van der Waals surface area contributed by atoms with Crippen molar-refractivity contribution in [2.24, 2.45) is 11.1 Å². The third kappa shape index (κ3) is 5.63. The van der Waals surface area contributed by atoms with E-state index in [1.165, 1.54) is 0 Å². The molecule has 0 bridgehead atoms. The number of halogens is 1. The molecule has 116 valence electrons. The molecule has 0 saturated heterocycles. The topological polar surface area (TPSA) is 92.4 Å². The molecule has 0 aromatic heterocycles. The minimum atomic E-state index is -0.903. The first-order valence-electron chi connectivity index (χ1n) is 6.67. The number of nitrogens with one attached hydrogen (secondary N) is 1. The Balaban J connectivity index is 3.06. The SMILES string of the molecule is CC(C)(C)CC(CC(=O)O)Nc1cccc(Cl)c1C(N)=O. The summed E-state index contributed by atoms with van der Waals surface area (Å²) in [4.78, 5) is 22.5. The van der Waals surface area contributed by atoms with Crippen LogP contribution in [0.15, 0.2) is 18.2 Å². The number of carboxylic acid groups (broad SMARTS) is 1. The number of aliphatic carboxylic acids is 1. The molecule has 0 saturated carbocycles. The second-order valence-electron chi connectivity index (χ2n) is 6.23. The summed E-state index contributed by atoms with van der Waals surface area (Å²) in [5.41, 5.74) is 5.93. The number of hydrogen-bond acceptors (Lipinski definition) is 3. The van der Waals surface area contributed by atoms with Crippen molar-refractivity contribution in [1.82, 2.24) is 0 Å². The summed E-state index contributed by atoms with van der Waals surface area (Å²) >= 11 is 5.99. The van der Waals surface area contributed by atoms with Gasteiger partial charge in [-0.3, -0.25) is 9.59 Å². The van der Waals surface area contributed by atoms with E-state index in [1.807, 2.05) is 20.8 Å². The number of nitrogens with two attached hydrogens (primary N) is 1. The number of carbonyl (C=O) groups excluding carboxylic acids is 1. The minimum Gasteiger partial charge on any atom is -0.481 e. The molecule has 6 heteroatoms. The first-order valence-corrected chi connectivity index (χ1v) is 7.04. The summed E-state index contributed by atoms with van der Waals surface area (Å²) in [5, 5.41) is 12.4. The van der Waals surface area contributed by atoms with Gasteiger partial charge >= 0.3 is 5.97 Å². The second-order valence-corrected chi connectivity index (χ2v) is 6.64. The Morgan fingerprint density at radius 3 is 2.48 bits per heavy atom. The van der Waals surface area contributed by atoms with Crippen LogP contribution in [-0.4, -0.2) is 23.0 Å². The fourth-order valence-electron chi connectivity index (χ4n) is 2.24. The normalized spacial score (nSPS) is 12.8. The lowest BCUT2D eigenvalue weighted by Gasteiger charge is -2.27. The first-order chi connectivity index (χ1) is 9.60. The van der Waals surface area contributed by atoms with Crippen LogP contribution >= 0.6 is 11.6 Å². The molecule has 5 nitrogen and oxygen atoms in total. The molecular weight excluding hydrogens is 292 g/mol. The van der Waals surface area contributed by atoms with E-state index in [4.69, 9.17) is 22.4 Å². The highest BCUT2D eigenvalue weighted by molar-refractivity contribution is 6.34. The molecule has 21 heavy (non-hydrogen) atoms. The van der Waals surface area contributed by atoms with Crippen LogP contribution in [0.2, 0.25) is 5.02 Å². The number of carboxylic acids is 1. The molecule has 1 unspecified atom stereocenters. The summed E-state index contributed by atoms with van der Waals surface area (Å²) in [6.07, 6.45) is 0.575. The van der Waals surface area contributed by atoms with Gasteiger partial charge < -0.3 is 16.2 Å². The molecule has 1 amide bonds. The van der Waals surface area contributed by atoms with Crippen molar-refractivity contribution >= 4 is 29.2 Å². The number of amides is 1. The van der Waals surface area contributed by atoms with E-state index in [0.717, 1.165) is 0 Å². The number of rotatable bonds is 6.